The van der Waals surface area contributed by atoms with Crippen LogP contribution in [0.4, 0.5) is 0 Å². The molecule has 0 aromatic carbocycles. The van der Waals surface area contributed by atoms with Gasteiger partial charge in [0.1, 0.15) is 5.60 Å². The van der Waals surface area contributed by atoms with Crippen LogP contribution in [0.1, 0.15) is 20.8 Å². The van der Waals surface area contributed by atoms with Gasteiger partial charge in [0.25, 0.3) is 5.95 Å². The van der Waals surface area contributed by atoms with Crippen LogP contribution in [0, 0.1) is 0 Å². The third-order valence-electron chi connectivity index (χ3n) is 1.39. The van der Waals surface area contributed by atoms with Crippen molar-refractivity contribution in [2.75, 3.05) is 13.7 Å². The van der Waals surface area contributed by atoms with Crippen LogP contribution in [-0.4, -0.2) is 25.5 Å². The summed E-state index contributed by atoms with van der Waals surface area (Å²) in [4.78, 5) is 3.83. The van der Waals surface area contributed by atoms with Gasteiger partial charge in [-0.1, -0.05) is 0 Å². The van der Waals surface area contributed by atoms with E-state index in [1.807, 2.05) is 13.8 Å². The quantitative estimate of drug-likeness (QED) is 0.482. The SMILES string of the molecule is C=C(/N=C\C)OC(=C)OC(C)(C)COC. The number of aliphatic imine (C=N–C) groups is 1. The van der Waals surface area contributed by atoms with Crippen molar-refractivity contribution in [3.05, 3.63) is 25.0 Å². The van der Waals surface area contributed by atoms with Crippen molar-refractivity contribution in [3.63, 3.8) is 0 Å². The predicted octanol–water partition coefficient (Wildman–Crippen LogP) is 2.48. The fraction of sp³-hybridized carbons (Fsp3) is 0.545. The highest BCUT2D eigenvalue weighted by Gasteiger charge is 2.20. The topological polar surface area (TPSA) is 40.0 Å². The van der Waals surface area contributed by atoms with E-state index in [-0.39, 0.29) is 11.8 Å². The van der Waals surface area contributed by atoms with Gasteiger partial charge in [-0.3, -0.25) is 0 Å². The maximum Gasteiger partial charge on any atom is 0.279 e. The van der Waals surface area contributed by atoms with E-state index in [1.54, 1.807) is 20.2 Å². The number of ether oxygens (including phenoxy) is 3. The zero-order chi connectivity index (χ0) is 11.9. The summed E-state index contributed by atoms with van der Waals surface area (Å²) in [5.41, 5.74) is -0.484. The molecule has 0 atom stereocenters. The van der Waals surface area contributed by atoms with Gasteiger partial charge in [0.2, 0.25) is 5.88 Å². The molecule has 0 unspecified atom stereocenters. The summed E-state index contributed by atoms with van der Waals surface area (Å²) in [6.07, 6.45) is 1.58. The summed E-state index contributed by atoms with van der Waals surface area (Å²) in [6, 6.07) is 0. The average Bonchev–Trinajstić information content (AvgIpc) is 2.01. The van der Waals surface area contributed by atoms with Gasteiger partial charge in [0, 0.05) is 13.3 Å². The zero-order valence-electron chi connectivity index (χ0n) is 9.87. The van der Waals surface area contributed by atoms with E-state index in [2.05, 4.69) is 18.2 Å². The van der Waals surface area contributed by atoms with Crippen molar-refractivity contribution >= 4 is 6.21 Å². The lowest BCUT2D eigenvalue weighted by atomic mass is 10.1. The lowest BCUT2D eigenvalue weighted by Gasteiger charge is -2.25. The lowest BCUT2D eigenvalue weighted by Crippen LogP contribution is -2.30. The second-order valence-corrected chi connectivity index (χ2v) is 3.55. The highest BCUT2D eigenvalue weighted by atomic mass is 16.7. The van der Waals surface area contributed by atoms with E-state index in [9.17, 15) is 0 Å². The molecule has 0 aromatic rings. The number of rotatable bonds is 7. The third kappa shape index (κ3) is 6.74. The molecule has 0 aliphatic rings. The van der Waals surface area contributed by atoms with Gasteiger partial charge in [-0.15, -0.1) is 0 Å². The molecule has 15 heavy (non-hydrogen) atoms. The third-order valence-corrected chi connectivity index (χ3v) is 1.39. The summed E-state index contributed by atoms with van der Waals surface area (Å²) in [7, 11) is 1.61. The first-order chi connectivity index (χ1) is 6.91. The van der Waals surface area contributed by atoms with Crippen molar-refractivity contribution in [2.45, 2.75) is 26.4 Å². The molecule has 0 rings (SSSR count). The maximum absolute atomic E-state index is 5.42. The first kappa shape index (κ1) is 13.7. The second-order valence-electron chi connectivity index (χ2n) is 3.55. The van der Waals surface area contributed by atoms with E-state index in [4.69, 9.17) is 14.2 Å². The van der Waals surface area contributed by atoms with Gasteiger partial charge in [0.15, 0.2) is 0 Å². The highest BCUT2D eigenvalue weighted by molar-refractivity contribution is 5.54. The molecule has 0 aliphatic heterocycles. The average molecular weight is 213 g/mol. The van der Waals surface area contributed by atoms with Crippen LogP contribution in [0.5, 0.6) is 0 Å². The fourth-order valence-electron chi connectivity index (χ4n) is 1.01. The van der Waals surface area contributed by atoms with Crippen LogP contribution >= 0.6 is 0 Å². The molecule has 86 valence electrons. The van der Waals surface area contributed by atoms with Crippen molar-refractivity contribution in [1.29, 1.82) is 0 Å². The molecular formula is C11H19NO3. The van der Waals surface area contributed by atoms with Crippen LogP contribution in [0.3, 0.4) is 0 Å². The summed E-state index contributed by atoms with van der Waals surface area (Å²) >= 11 is 0. The Kier molecular flexibility index (Phi) is 5.70. The Bertz CT molecular complexity index is 257. The molecule has 0 saturated heterocycles. The number of nitrogens with zero attached hydrogens (tertiary/aromatic N) is 1. The predicted molar refractivity (Wildman–Crippen MR) is 60.6 cm³/mol. The Hall–Kier alpha value is -1.29. The normalized spacial score (nSPS) is 11.5. The lowest BCUT2D eigenvalue weighted by molar-refractivity contribution is -0.0736. The fourth-order valence-corrected chi connectivity index (χ4v) is 1.01. The highest BCUT2D eigenvalue weighted by Crippen LogP contribution is 2.16. The molecule has 0 radical (unpaired) electrons. The van der Waals surface area contributed by atoms with Crippen LogP contribution in [0.25, 0.3) is 0 Å². The van der Waals surface area contributed by atoms with Gasteiger partial charge in [-0.25, -0.2) is 4.99 Å². The minimum atomic E-state index is -0.484. The molecule has 0 spiro atoms. The van der Waals surface area contributed by atoms with Crippen LogP contribution in [0.15, 0.2) is 30.0 Å². The summed E-state index contributed by atoms with van der Waals surface area (Å²) in [5.74, 6) is 0.406. The number of hydrogen-bond donors (Lipinski definition) is 0. The van der Waals surface area contributed by atoms with Crippen molar-refractivity contribution < 1.29 is 14.2 Å². The minimum absolute atomic E-state index is 0.160. The second kappa shape index (κ2) is 6.24. The molecular weight excluding hydrogens is 194 g/mol. The van der Waals surface area contributed by atoms with Crippen LogP contribution in [-0.2, 0) is 14.2 Å². The molecule has 0 aliphatic carbocycles. The Morgan fingerprint density at radius 3 is 2.47 bits per heavy atom. The molecule has 0 amide bonds. The summed E-state index contributed by atoms with van der Waals surface area (Å²) < 4.78 is 15.5. The minimum Gasteiger partial charge on any atom is -0.457 e. The van der Waals surface area contributed by atoms with Crippen molar-refractivity contribution in [2.24, 2.45) is 4.99 Å². The first-order valence-electron chi connectivity index (χ1n) is 4.63. The molecule has 0 N–H and O–H groups in total. The molecule has 0 heterocycles. The van der Waals surface area contributed by atoms with Gasteiger partial charge in [0.05, 0.1) is 6.61 Å². The molecule has 0 fully saturated rings. The standard InChI is InChI=1S/C11H19NO3/c1-7-12-9(2)14-10(3)15-11(4,5)8-13-6/h7H,2-3,8H2,1,4-6H3/b12-7-. The van der Waals surface area contributed by atoms with Gasteiger partial charge < -0.3 is 14.2 Å². The van der Waals surface area contributed by atoms with E-state index < -0.39 is 5.60 Å². The monoisotopic (exact) mass is 213 g/mol. The zero-order valence-corrected chi connectivity index (χ0v) is 9.87. The largest absolute Gasteiger partial charge is 0.457 e. The Balaban J connectivity index is 4.08. The molecule has 0 saturated carbocycles. The Morgan fingerprint density at radius 1 is 1.40 bits per heavy atom. The molecule has 4 nitrogen and oxygen atoms in total. The molecule has 0 bridgehead atoms. The summed E-state index contributed by atoms with van der Waals surface area (Å²) in [5, 5.41) is 0. The van der Waals surface area contributed by atoms with Crippen LogP contribution < -0.4 is 0 Å². The maximum atomic E-state index is 5.42. The van der Waals surface area contributed by atoms with E-state index in [1.165, 1.54) is 0 Å². The molecule has 4 heteroatoms. The van der Waals surface area contributed by atoms with Crippen LogP contribution in [0.2, 0.25) is 0 Å². The van der Waals surface area contributed by atoms with E-state index >= 15 is 0 Å². The Labute approximate surface area is 91.2 Å². The van der Waals surface area contributed by atoms with Crippen molar-refractivity contribution in [1.82, 2.24) is 0 Å². The van der Waals surface area contributed by atoms with Gasteiger partial charge in [-0.05, 0) is 33.9 Å². The first-order valence-corrected chi connectivity index (χ1v) is 4.63. The van der Waals surface area contributed by atoms with Gasteiger partial charge in [-0.2, -0.15) is 0 Å². The number of hydrogen-bond acceptors (Lipinski definition) is 4. The Morgan fingerprint density at radius 2 is 2.00 bits per heavy atom. The van der Waals surface area contributed by atoms with Gasteiger partial charge >= 0.3 is 0 Å². The van der Waals surface area contributed by atoms with E-state index in [0.717, 1.165) is 0 Å². The van der Waals surface area contributed by atoms with Crippen molar-refractivity contribution in [3.8, 4) is 0 Å². The smallest absolute Gasteiger partial charge is 0.279 e. The number of methoxy groups -OCH3 is 1. The molecule has 0 aromatic heterocycles. The summed E-state index contributed by atoms with van der Waals surface area (Å²) in [6.45, 7) is 13.1. The van der Waals surface area contributed by atoms with E-state index in [0.29, 0.717) is 6.61 Å².